The molecule has 1 aromatic rings. The molecule has 9 nitrogen and oxygen atoms in total. The van der Waals surface area contributed by atoms with Gasteiger partial charge in [0.1, 0.15) is 12.0 Å². The van der Waals surface area contributed by atoms with Crippen LogP contribution in [0.3, 0.4) is 0 Å². The zero-order chi connectivity index (χ0) is 20.2. The van der Waals surface area contributed by atoms with E-state index in [4.69, 9.17) is 27.0 Å². The standard InChI is InChI=1S/C17H21NO4.H2O4S/c1-18-12-8-9-13(18)15(17(20)21-2)14(10-12)22-16(19)11-6-4-3-5-7-11;1-5(2,3)4/h3-7,12-15H,8-10H2,1-2H3;(H2,1,2,3,4)/t12-,13+,14-,15+;/m0./s1. The molecule has 2 heterocycles. The number of methoxy groups -OCH3 is 1. The Bertz CT molecular complexity index is 758. The molecular weight excluding hydrogens is 378 g/mol. The fourth-order valence-corrected chi connectivity index (χ4v) is 3.77. The second kappa shape index (κ2) is 8.79. The minimum Gasteiger partial charge on any atom is -0.469 e. The fraction of sp³-hybridized carbons (Fsp3) is 0.529. The number of nitrogens with zero attached hydrogens (tertiary/aromatic N) is 1. The Hall–Kier alpha value is -2.01. The molecule has 4 atom stereocenters. The highest BCUT2D eigenvalue weighted by Gasteiger charge is 2.50. The van der Waals surface area contributed by atoms with Crippen molar-refractivity contribution in [2.24, 2.45) is 5.92 Å². The average molecular weight is 401 g/mol. The first kappa shape index (κ1) is 21.3. The summed E-state index contributed by atoms with van der Waals surface area (Å²) in [5, 5.41) is 0. The van der Waals surface area contributed by atoms with Crippen molar-refractivity contribution < 1.29 is 36.6 Å². The summed E-state index contributed by atoms with van der Waals surface area (Å²) in [5.41, 5.74) is 0.511. The van der Waals surface area contributed by atoms with Crippen LogP contribution in [0.4, 0.5) is 0 Å². The Morgan fingerprint density at radius 3 is 2.30 bits per heavy atom. The van der Waals surface area contributed by atoms with Crippen LogP contribution in [0.25, 0.3) is 0 Å². The van der Waals surface area contributed by atoms with Crippen molar-refractivity contribution >= 4 is 22.3 Å². The van der Waals surface area contributed by atoms with Crippen LogP contribution in [-0.4, -0.2) is 66.7 Å². The van der Waals surface area contributed by atoms with Gasteiger partial charge in [0, 0.05) is 18.5 Å². The van der Waals surface area contributed by atoms with Gasteiger partial charge in [0.25, 0.3) is 0 Å². The SMILES string of the molecule is COC(=O)[C@H]1[C@@H](OC(=O)c2ccccc2)C[C@@H]2CC[C@H]1N2C.O=S(=O)(O)O. The molecule has 2 aliphatic rings. The maximum absolute atomic E-state index is 12.3. The number of hydrogen-bond acceptors (Lipinski definition) is 7. The second-order valence-corrected chi connectivity index (χ2v) is 7.40. The first-order valence-electron chi connectivity index (χ1n) is 8.37. The quantitative estimate of drug-likeness (QED) is 0.567. The summed E-state index contributed by atoms with van der Waals surface area (Å²) in [6.07, 6.45) is 2.26. The summed E-state index contributed by atoms with van der Waals surface area (Å²) in [6.45, 7) is 0. The van der Waals surface area contributed by atoms with Gasteiger partial charge in [-0.25, -0.2) is 4.79 Å². The zero-order valence-electron chi connectivity index (χ0n) is 15.0. The fourth-order valence-electron chi connectivity index (χ4n) is 3.77. The van der Waals surface area contributed by atoms with Crippen LogP contribution in [0.15, 0.2) is 30.3 Å². The minimum atomic E-state index is -4.67. The lowest BCUT2D eigenvalue weighted by molar-refractivity contribution is -0.156. The molecule has 27 heavy (non-hydrogen) atoms. The summed E-state index contributed by atoms with van der Waals surface area (Å²) >= 11 is 0. The van der Waals surface area contributed by atoms with Crippen molar-refractivity contribution in [3.05, 3.63) is 35.9 Å². The monoisotopic (exact) mass is 401 g/mol. The Morgan fingerprint density at radius 2 is 1.74 bits per heavy atom. The largest absolute Gasteiger partial charge is 0.469 e. The Labute approximate surface area is 157 Å². The first-order chi connectivity index (χ1) is 12.6. The second-order valence-electron chi connectivity index (χ2n) is 6.51. The smallest absolute Gasteiger partial charge is 0.394 e. The van der Waals surface area contributed by atoms with Gasteiger partial charge in [0.2, 0.25) is 0 Å². The maximum Gasteiger partial charge on any atom is 0.394 e. The number of carbonyl (C=O) groups is 2. The number of ether oxygens (including phenoxy) is 2. The van der Waals surface area contributed by atoms with Crippen LogP contribution in [0.2, 0.25) is 0 Å². The lowest BCUT2D eigenvalue weighted by Crippen LogP contribution is -2.53. The number of hydrogen-bond donors (Lipinski definition) is 2. The van der Waals surface area contributed by atoms with Crippen molar-refractivity contribution in [2.45, 2.75) is 37.5 Å². The normalized spacial score (nSPS) is 27.3. The van der Waals surface area contributed by atoms with Crippen molar-refractivity contribution in [2.75, 3.05) is 14.2 Å². The van der Waals surface area contributed by atoms with Gasteiger partial charge in [-0.1, -0.05) is 18.2 Å². The van der Waals surface area contributed by atoms with Crippen LogP contribution in [0.1, 0.15) is 29.6 Å². The summed E-state index contributed by atoms with van der Waals surface area (Å²) < 4.78 is 42.2. The number of piperidine rings is 1. The number of fused-ring (bicyclic) bond motifs is 2. The number of carbonyl (C=O) groups excluding carboxylic acids is 2. The molecule has 0 radical (unpaired) electrons. The molecule has 1 aromatic carbocycles. The molecule has 2 fully saturated rings. The highest BCUT2D eigenvalue weighted by atomic mass is 32.3. The Morgan fingerprint density at radius 1 is 1.15 bits per heavy atom. The van der Waals surface area contributed by atoms with Gasteiger partial charge in [-0.3, -0.25) is 18.8 Å². The van der Waals surface area contributed by atoms with Crippen LogP contribution >= 0.6 is 0 Å². The van der Waals surface area contributed by atoms with Crippen LogP contribution in [0, 0.1) is 5.92 Å². The molecule has 0 aliphatic carbocycles. The van der Waals surface area contributed by atoms with E-state index in [0.29, 0.717) is 18.0 Å². The summed E-state index contributed by atoms with van der Waals surface area (Å²) in [6, 6.07) is 9.36. The molecule has 0 saturated carbocycles. The highest BCUT2D eigenvalue weighted by Crippen LogP contribution is 2.40. The zero-order valence-corrected chi connectivity index (χ0v) is 15.8. The van der Waals surface area contributed by atoms with E-state index in [0.717, 1.165) is 12.8 Å². The summed E-state index contributed by atoms with van der Waals surface area (Å²) in [7, 11) is -1.24. The van der Waals surface area contributed by atoms with Gasteiger partial charge < -0.3 is 9.47 Å². The van der Waals surface area contributed by atoms with Crippen LogP contribution in [0.5, 0.6) is 0 Å². The number of esters is 2. The van der Waals surface area contributed by atoms with Gasteiger partial charge in [-0.05, 0) is 32.0 Å². The van der Waals surface area contributed by atoms with E-state index < -0.39 is 22.4 Å². The van der Waals surface area contributed by atoms with E-state index in [9.17, 15) is 9.59 Å². The molecule has 0 unspecified atom stereocenters. The average Bonchev–Trinajstić information content (AvgIpc) is 2.84. The minimum absolute atomic E-state index is 0.0970. The Kier molecular flexibility index (Phi) is 6.93. The first-order valence-corrected chi connectivity index (χ1v) is 9.77. The predicted octanol–water partition coefficient (Wildman–Crippen LogP) is 1.21. The molecule has 2 aliphatic heterocycles. The number of rotatable bonds is 3. The molecule has 0 amide bonds. The molecule has 2 bridgehead atoms. The Balaban J connectivity index is 0.000000465. The molecule has 2 N–H and O–H groups in total. The third-order valence-corrected chi connectivity index (χ3v) is 4.96. The van der Waals surface area contributed by atoms with E-state index in [1.54, 1.807) is 24.3 Å². The van der Waals surface area contributed by atoms with Crippen molar-refractivity contribution in [1.82, 2.24) is 4.90 Å². The maximum atomic E-state index is 12.3. The molecule has 3 rings (SSSR count). The van der Waals surface area contributed by atoms with E-state index >= 15 is 0 Å². The van der Waals surface area contributed by atoms with E-state index in [-0.39, 0.29) is 18.0 Å². The predicted molar refractivity (Wildman–Crippen MR) is 94.5 cm³/mol. The van der Waals surface area contributed by atoms with E-state index in [2.05, 4.69) is 4.90 Å². The highest BCUT2D eigenvalue weighted by molar-refractivity contribution is 7.79. The van der Waals surface area contributed by atoms with Crippen molar-refractivity contribution in [1.29, 1.82) is 0 Å². The van der Waals surface area contributed by atoms with Gasteiger partial charge >= 0.3 is 22.3 Å². The molecule has 0 spiro atoms. The van der Waals surface area contributed by atoms with Crippen molar-refractivity contribution in [3.8, 4) is 0 Å². The topological polar surface area (TPSA) is 130 Å². The van der Waals surface area contributed by atoms with Crippen LogP contribution in [-0.2, 0) is 24.7 Å². The lowest BCUT2D eigenvalue weighted by Gasteiger charge is -2.40. The van der Waals surface area contributed by atoms with E-state index in [1.807, 2.05) is 13.1 Å². The summed E-state index contributed by atoms with van der Waals surface area (Å²) in [5.74, 6) is -1.06. The third kappa shape index (κ3) is 5.73. The van der Waals surface area contributed by atoms with Crippen molar-refractivity contribution in [3.63, 3.8) is 0 Å². The van der Waals surface area contributed by atoms with E-state index in [1.165, 1.54) is 7.11 Å². The molecule has 2 saturated heterocycles. The van der Waals surface area contributed by atoms with Gasteiger partial charge in [-0.2, -0.15) is 8.42 Å². The molecular formula is C17H23NO8S. The van der Waals surface area contributed by atoms with Gasteiger partial charge in [0.05, 0.1) is 12.7 Å². The lowest BCUT2D eigenvalue weighted by atomic mass is 9.87. The molecule has 150 valence electrons. The van der Waals surface area contributed by atoms with Gasteiger partial charge in [0.15, 0.2) is 0 Å². The van der Waals surface area contributed by atoms with Crippen LogP contribution < -0.4 is 0 Å². The third-order valence-electron chi connectivity index (χ3n) is 4.96. The molecule has 10 heteroatoms. The number of benzene rings is 1. The van der Waals surface area contributed by atoms with Gasteiger partial charge in [-0.15, -0.1) is 0 Å². The molecule has 0 aromatic heterocycles. The summed E-state index contributed by atoms with van der Waals surface area (Å²) in [4.78, 5) is 26.7.